The number of ether oxygens (including phenoxy) is 3. The number of guanidine groups is 1. The predicted molar refractivity (Wildman–Crippen MR) is 144 cm³/mol. The molecule has 188 valence electrons. The maximum absolute atomic E-state index is 5.56. The monoisotopic (exact) mass is 575 g/mol. The number of rotatable bonds is 10. The molecule has 1 unspecified atom stereocenters. The van der Waals surface area contributed by atoms with Crippen LogP contribution in [-0.4, -0.2) is 107 Å². The van der Waals surface area contributed by atoms with Crippen molar-refractivity contribution in [2.75, 3.05) is 80.3 Å². The lowest BCUT2D eigenvalue weighted by molar-refractivity contribution is 0.142. The Morgan fingerprint density at radius 2 is 1.88 bits per heavy atom. The predicted octanol–water partition coefficient (Wildman–Crippen LogP) is 2.52. The number of methoxy groups -OCH3 is 3. The molecule has 0 spiro atoms. The van der Waals surface area contributed by atoms with Crippen LogP contribution in [0.1, 0.15) is 25.3 Å². The third kappa shape index (κ3) is 8.15. The molecule has 2 saturated heterocycles. The molecule has 1 N–H and O–H groups in total. The highest BCUT2D eigenvalue weighted by molar-refractivity contribution is 14.0. The van der Waals surface area contributed by atoms with Crippen LogP contribution < -0.4 is 14.8 Å². The van der Waals surface area contributed by atoms with Gasteiger partial charge in [-0.3, -0.25) is 14.8 Å². The zero-order chi connectivity index (χ0) is 22.8. The normalized spacial score (nSPS) is 19.9. The summed E-state index contributed by atoms with van der Waals surface area (Å²) in [6.07, 6.45) is 2.48. The van der Waals surface area contributed by atoms with Gasteiger partial charge in [0.25, 0.3) is 0 Å². The van der Waals surface area contributed by atoms with Crippen molar-refractivity contribution in [1.82, 2.24) is 20.0 Å². The molecule has 0 bridgehead atoms. The van der Waals surface area contributed by atoms with E-state index in [2.05, 4.69) is 33.0 Å². The lowest BCUT2D eigenvalue weighted by Crippen LogP contribution is -2.52. The number of hydrogen-bond acceptors (Lipinski definition) is 6. The third-order valence-electron chi connectivity index (χ3n) is 6.42. The van der Waals surface area contributed by atoms with Crippen molar-refractivity contribution in [1.29, 1.82) is 0 Å². The Morgan fingerprint density at radius 1 is 1.09 bits per heavy atom. The molecule has 2 aliphatic heterocycles. The molecule has 0 amide bonds. The number of nitrogens with one attached hydrogen (secondary N) is 1. The standard InChI is InChI=1S/C24H41N5O3.HI/c1-5-25-24(26-18-21-7-6-10-28(21)15-16-30-2)29-13-11-27(12-14-29)19-20-17-22(31-3)8-9-23(20)32-4;/h8-9,17,21H,5-7,10-16,18-19H2,1-4H3,(H,25,26);1H. The van der Waals surface area contributed by atoms with E-state index in [-0.39, 0.29) is 24.0 Å². The van der Waals surface area contributed by atoms with Crippen LogP contribution in [-0.2, 0) is 11.3 Å². The largest absolute Gasteiger partial charge is 0.497 e. The van der Waals surface area contributed by atoms with E-state index >= 15 is 0 Å². The van der Waals surface area contributed by atoms with Crippen LogP contribution in [0.25, 0.3) is 0 Å². The van der Waals surface area contributed by atoms with Gasteiger partial charge in [0.1, 0.15) is 11.5 Å². The van der Waals surface area contributed by atoms with Crippen LogP contribution in [0.3, 0.4) is 0 Å². The molecule has 3 rings (SSSR count). The highest BCUT2D eigenvalue weighted by Crippen LogP contribution is 2.25. The molecule has 0 radical (unpaired) electrons. The van der Waals surface area contributed by atoms with Crippen LogP contribution in [0, 0.1) is 0 Å². The minimum Gasteiger partial charge on any atom is -0.497 e. The minimum atomic E-state index is 0. The van der Waals surface area contributed by atoms with Gasteiger partial charge >= 0.3 is 0 Å². The van der Waals surface area contributed by atoms with Gasteiger partial charge in [0, 0.05) is 64.5 Å². The zero-order valence-electron chi connectivity index (χ0n) is 20.7. The van der Waals surface area contributed by atoms with Gasteiger partial charge in [-0.05, 0) is 44.5 Å². The van der Waals surface area contributed by atoms with Gasteiger partial charge in [0.05, 0.1) is 27.4 Å². The quantitative estimate of drug-likeness (QED) is 0.262. The lowest BCUT2D eigenvalue weighted by Gasteiger charge is -2.37. The van der Waals surface area contributed by atoms with Gasteiger partial charge in [-0.25, -0.2) is 0 Å². The number of halogens is 1. The van der Waals surface area contributed by atoms with Crippen LogP contribution in [0.15, 0.2) is 23.2 Å². The molecule has 0 aliphatic carbocycles. The first-order valence-electron chi connectivity index (χ1n) is 11.9. The van der Waals surface area contributed by atoms with Gasteiger partial charge in [0.15, 0.2) is 5.96 Å². The summed E-state index contributed by atoms with van der Waals surface area (Å²) >= 11 is 0. The van der Waals surface area contributed by atoms with Crippen LogP contribution in [0.2, 0.25) is 0 Å². The highest BCUT2D eigenvalue weighted by atomic mass is 127. The Kier molecular flexibility index (Phi) is 12.6. The fraction of sp³-hybridized carbons (Fsp3) is 0.708. The molecule has 9 heteroatoms. The second-order valence-electron chi connectivity index (χ2n) is 8.46. The second kappa shape index (κ2) is 14.9. The van der Waals surface area contributed by atoms with Crippen molar-refractivity contribution in [3.8, 4) is 11.5 Å². The molecule has 8 nitrogen and oxygen atoms in total. The summed E-state index contributed by atoms with van der Waals surface area (Å²) in [6.45, 7) is 11.6. The molecule has 2 fully saturated rings. The molecule has 1 atom stereocenters. The van der Waals surface area contributed by atoms with Gasteiger partial charge < -0.3 is 24.4 Å². The van der Waals surface area contributed by atoms with E-state index in [0.29, 0.717) is 6.04 Å². The van der Waals surface area contributed by atoms with Crippen molar-refractivity contribution in [3.05, 3.63) is 23.8 Å². The summed E-state index contributed by atoms with van der Waals surface area (Å²) in [5.41, 5.74) is 1.17. The molecule has 2 heterocycles. The van der Waals surface area contributed by atoms with Crippen molar-refractivity contribution < 1.29 is 14.2 Å². The Hall–Kier alpha value is -1.30. The van der Waals surface area contributed by atoms with Gasteiger partial charge in [-0.2, -0.15) is 0 Å². The third-order valence-corrected chi connectivity index (χ3v) is 6.42. The van der Waals surface area contributed by atoms with E-state index < -0.39 is 0 Å². The maximum atomic E-state index is 5.56. The number of nitrogens with zero attached hydrogens (tertiary/aromatic N) is 4. The lowest BCUT2D eigenvalue weighted by atomic mass is 10.1. The van der Waals surface area contributed by atoms with E-state index in [1.165, 1.54) is 18.4 Å². The molecular formula is C24H42IN5O3. The average Bonchev–Trinajstić information content (AvgIpc) is 3.28. The molecule has 1 aromatic rings. The Balaban J connectivity index is 0.00000385. The molecular weight excluding hydrogens is 533 g/mol. The SMILES string of the molecule is CCNC(=NCC1CCCN1CCOC)N1CCN(Cc2cc(OC)ccc2OC)CC1.I. The van der Waals surface area contributed by atoms with Crippen molar-refractivity contribution in [3.63, 3.8) is 0 Å². The summed E-state index contributed by atoms with van der Waals surface area (Å²) in [4.78, 5) is 12.4. The van der Waals surface area contributed by atoms with Gasteiger partial charge in [-0.15, -0.1) is 24.0 Å². The van der Waals surface area contributed by atoms with Gasteiger partial charge in [-0.1, -0.05) is 0 Å². The molecule has 1 aromatic carbocycles. The Bertz CT molecular complexity index is 728. The first kappa shape index (κ1) is 27.9. The van der Waals surface area contributed by atoms with Gasteiger partial charge in [0.2, 0.25) is 0 Å². The summed E-state index contributed by atoms with van der Waals surface area (Å²) in [7, 11) is 5.20. The van der Waals surface area contributed by atoms with E-state index in [9.17, 15) is 0 Å². The first-order chi connectivity index (χ1) is 15.7. The first-order valence-corrected chi connectivity index (χ1v) is 11.9. The summed E-state index contributed by atoms with van der Waals surface area (Å²) in [5.74, 6) is 2.83. The zero-order valence-corrected chi connectivity index (χ0v) is 23.0. The average molecular weight is 576 g/mol. The molecule has 33 heavy (non-hydrogen) atoms. The number of aliphatic imine (C=N–C) groups is 1. The number of hydrogen-bond donors (Lipinski definition) is 1. The number of likely N-dealkylation sites (tertiary alicyclic amines) is 1. The second-order valence-corrected chi connectivity index (χ2v) is 8.46. The van der Waals surface area contributed by atoms with Crippen LogP contribution in [0.4, 0.5) is 0 Å². The summed E-state index contributed by atoms with van der Waals surface area (Å²) < 4.78 is 16.2. The van der Waals surface area contributed by atoms with Crippen LogP contribution >= 0.6 is 24.0 Å². The van der Waals surface area contributed by atoms with E-state index in [4.69, 9.17) is 19.2 Å². The van der Waals surface area contributed by atoms with E-state index in [0.717, 1.165) is 83.0 Å². The van der Waals surface area contributed by atoms with Crippen LogP contribution in [0.5, 0.6) is 11.5 Å². The molecule has 0 aromatic heterocycles. The van der Waals surface area contributed by atoms with Crippen molar-refractivity contribution in [2.24, 2.45) is 4.99 Å². The van der Waals surface area contributed by atoms with E-state index in [1.807, 2.05) is 12.1 Å². The Morgan fingerprint density at radius 3 is 2.55 bits per heavy atom. The fourth-order valence-electron chi connectivity index (χ4n) is 4.59. The summed E-state index contributed by atoms with van der Waals surface area (Å²) in [6, 6.07) is 6.54. The summed E-state index contributed by atoms with van der Waals surface area (Å²) in [5, 5.41) is 3.51. The number of piperazine rings is 1. The van der Waals surface area contributed by atoms with Crippen molar-refractivity contribution >= 4 is 29.9 Å². The fourth-order valence-corrected chi connectivity index (χ4v) is 4.59. The van der Waals surface area contributed by atoms with Crippen molar-refractivity contribution in [2.45, 2.75) is 32.4 Å². The number of benzene rings is 1. The van der Waals surface area contributed by atoms with E-state index in [1.54, 1.807) is 21.3 Å². The molecule has 0 saturated carbocycles. The highest BCUT2D eigenvalue weighted by Gasteiger charge is 2.25. The topological polar surface area (TPSA) is 61.8 Å². The Labute approximate surface area is 216 Å². The molecule has 2 aliphatic rings. The minimum absolute atomic E-state index is 0. The maximum Gasteiger partial charge on any atom is 0.194 e. The smallest absolute Gasteiger partial charge is 0.194 e.